The van der Waals surface area contributed by atoms with Gasteiger partial charge in [0.1, 0.15) is 0 Å². The number of hydrogen-bond donors (Lipinski definition) is 1. The molecule has 2 aromatic carbocycles. The highest BCUT2D eigenvalue weighted by Crippen LogP contribution is 2.37. The van der Waals surface area contributed by atoms with E-state index in [2.05, 4.69) is 4.72 Å². The van der Waals surface area contributed by atoms with Gasteiger partial charge in [-0.1, -0.05) is 36.4 Å². The van der Waals surface area contributed by atoms with Crippen molar-refractivity contribution in [1.29, 1.82) is 0 Å². The number of nitrogens with zero attached hydrogens (tertiary/aromatic N) is 1. The Morgan fingerprint density at radius 2 is 1.88 bits per heavy atom. The Labute approximate surface area is 154 Å². The first-order valence-electron chi connectivity index (χ1n) is 9.00. The highest BCUT2D eigenvalue weighted by Gasteiger charge is 2.35. The Morgan fingerprint density at radius 1 is 1.12 bits per heavy atom. The summed E-state index contributed by atoms with van der Waals surface area (Å²) in [5.41, 5.74) is 3.21. The molecule has 1 aliphatic carbocycles. The number of carbonyl (C=O) groups excluding carboxylic acids is 1. The quantitative estimate of drug-likeness (QED) is 0.878. The average Bonchev–Trinajstić information content (AvgIpc) is 3.46. The van der Waals surface area contributed by atoms with Gasteiger partial charge in [0.2, 0.25) is 15.9 Å². The number of nitrogens with one attached hydrogen (secondary N) is 1. The van der Waals surface area contributed by atoms with Crippen molar-refractivity contribution >= 4 is 27.3 Å². The van der Waals surface area contributed by atoms with E-state index in [1.807, 2.05) is 29.2 Å². The zero-order chi connectivity index (χ0) is 18.1. The number of rotatable bonds is 5. The summed E-state index contributed by atoms with van der Waals surface area (Å²) in [6.07, 6.45) is 3.80. The molecule has 6 heteroatoms. The summed E-state index contributed by atoms with van der Waals surface area (Å²) in [4.78, 5) is 14.4. The maximum atomic E-state index is 12.5. The molecule has 1 amide bonds. The number of sulfonamides is 1. The van der Waals surface area contributed by atoms with Crippen molar-refractivity contribution in [3.63, 3.8) is 0 Å². The normalized spacial score (nSPS) is 16.8. The topological polar surface area (TPSA) is 66.5 Å². The van der Waals surface area contributed by atoms with Crippen molar-refractivity contribution in [3.05, 3.63) is 59.7 Å². The van der Waals surface area contributed by atoms with Gasteiger partial charge in [-0.3, -0.25) is 9.52 Å². The summed E-state index contributed by atoms with van der Waals surface area (Å²) in [5.74, 6) is 0.255. The summed E-state index contributed by atoms with van der Waals surface area (Å²) in [7, 11) is -3.51. The van der Waals surface area contributed by atoms with Crippen LogP contribution in [-0.4, -0.2) is 20.9 Å². The van der Waals surface area contributed by atoms with Crippen LogP contribution >= 0.6 is 0 Å². The second-order valence-corrected chi connectivity index (χ2v) is 8.78. The first-order valence-corrected chi connectivity index (χ1v) is 10.7. The van der Waals surface area contributed by atoms with Crippen LogP contribution in [0.1, 0.15) is 30.4 Å². The van der Waals surface area contributed by atoms with Crippen LogP contribution < -0.4 is 9.62 Å². The van der Waals surface area contributed by atoms with Crippen molar-refractivity contribution in [2.45, 2.75) is 31.4 Å². The van der Waals surface area contributed by atoms with E-state index in [1.165, 1.54) is 0 Å². The smallest absolute Gasteiger partial charge is 0.236 e. The van der Waals surface area contributed by atoms with Gasteiger partial charge in [-0.25, -0.2) is 8.42 Å². The predicted molar refractivity (Wildman–Crippen MR) is 103 cm³/mol. The molecular formula is C20H22N2O3S. The Bertz CT molecular complexity index is 921. The van der Waals surface area contributed by atoms with Crippen LogP contribution in [0.2, 0.25) is 0 Å². The summed E-state index contributed by atoms with van der Waals surface area (Å²) in [6.45, 7) is 0.711. The fourth-order valence-electron chi connectivity index (χ4n) is 3.43. The Morgan fingerprint density at radius 3 is 2.62 bits per heavy atom. The largest absolute Gasteiger partial charge is 0.312 e. The van der Waals surface area contributed by atoms with Crippen LogP contribution in [0.15, 0.2) is 48.5 Å². The third-order valence-electron chi connectivity index (χ3n) is 4.87. The molecule has 0 radical (unpaired) electrons. The number of benzene rings is 2. The van der Waals surface area contributed by atoms with Gasteiger partial charge >= 0.3 is 0 Å². The molecular weight excluding hydrogens is 348 g/mol. The molecule has 1 saturated carbocycles. The van der Waals surface area contributed by atoms with E-state index in [-0.39, 0.29) is 17.6 Å². The third-order valence-corrected chi connectivity index (χ3v) is 6.13. The van der Waals surface area contributed by atoms with Crippen LogP contribution in [0.25, 0.3) is 0 Å². The minimum atomic E-state index is -3.51. The van der Waals surface area contributed by atoms with E-state index in [0.717, 1.165) is 42.5 Å². The molecule has 0 saturated heterocycles. The average molecular weight is 370 g/mol. The molecule has 1 aliphatic heterocycles. The van der Waals surface area contributed by atoms with Crippen LogP contribution in [0.3, 0.4) is 0 Å². The number of fused-ring (bicyclic) bond motifs is 1. The third kappa shape index (κ3) is 3.75. The molecule has 5 nitrogen and oxygen atoms in total. The van der Waals surface area contributed by atoms with Crippen LogP contribution in [0, 0.1) is 5.92 Å². The number of amides is 1. The van der Waals surface area contributed by atoms with Gasteiger partial charge in [-0.2, -0.15) is 0 Å². The van der Waals surface area contributed by atoms with Gasteiger partial charge in [0.05, 0.1) is 11.4 Å². The molecule has 0 bridgehead atoms. The zero-order valence-electron chi connectivity index (χ0n) is 14.5. The lowest BCUT2D eigenvalue weighted by Crippen LogP contribution is -2.36. The first kappa shape index (κ1) is 17.1. The van der Waals surface area contributed by atoms with Gasteiger partial charge in [-0.15, -0.1) is 0 Å². The molecule has 136 valence electrons. The standard InChI is InChI=1S/C20H22N2O3S/c23-20(17-8-9-17)22-12-4-7-16-10-11-18(13-19(16)22)21-26(24,25)14-15-5-2-1-3-6-15/h1-3,5-6,10-11,13,17,21H,4,7-9,12,14H2. The van der Waals surface area contributed by atoms with Crippen LogP contribution in [0.5, 0.6) is 0 Å². The monoisotopic (exact) mass is 370 g/mol. The van der Waals surface area contributed by atoms with E-state index in [0.29, 0.717) is 12.2 Å². The van der Waals surface area contributed by atoms with Crippen molar-refractivity contribution in [3.8, 4) is 0 Å². The summed E-state index contributed by atoms with van der Waals surface area (Å²) >= 11 is 0. The molecule has 1 fully saturated rings. The maximum Gasteiger partial charge on any atom is 0.236 e. The fourth-order valence-corrected chi connectivity index (χ4v) is 4.62. The van der Waals surface area contributed by atoms with Gasteiger partial charge in [0, 0.05) is 18.2 Å². The van der Waals surface area contributed by atoms with E-state index in [1.54, 1.807) is 24.3 Å². The lowest BCUT2D eigenvalue weighted by molar-refractivity contribution is -0.119. The Hall–Kier alpha value is -2.34. The minimum Gasteiger partial charge on any atom is -0.312 e. The lowest BCUT2D eigenvalue weighted by Gasteiger charge is -2.30. The predicted octanol–water partition coefficient (Wildman–Crippen LogP) is 3.32. The molecule has 2 aliphatic rings. The van der Waals surface area contributed by atoms with Crippen molar-refractivity contribution in [2.75, 3.05) is 16.2 Å². The molecule has 26 heavy (non-hydrogen) atoms. The first-order chi connectivity index (χ1) is 12.5. The number of hydrogen-bond acceptors (Lipinski definition) is 3. The number of anilines is 2. The van der Waals surface area contributed by atoms with E-state index >= 15 is 0 Å². The lowest BCUT2D eigenvalue weighted by atomic mass is 10.0. The maximum absolute atomic E-state index is 12.5. The summed E-state index contributed by atoms with van der Waals surface area (Å²) in [6, 6.07) is 14.6. The van der Waals surface area contributed by atoms with Gasteiger partial charge in [0.25, 0.3) is 0 Å². The molecule has 0 spiro atoms. The molecule has 0 atom stereocenters. The van der Waals surface area contributed by atoms with E-state index in [9.17, 15) is 13.2 Å². The molecule has 4 rings (SSSR count). The SMILES string of the molecule is O=C(C1CC1)N1CCCc2ccc(NS(=O)(=O)Cc3ccccc3)cc21. The second-order valence-electron chi connectivity index (χ2n) is 7.06. The van der Waals surface area contributed by atoms with Crippen LogP contribution in [0.4, 0.5) is 11.4 Å². The second kappa shape index (κ2) is 6.76. The Kier molecular flexibility index (Phi) is 4.44. The van der Waals surface area contributed by atoms with E-state index < -0.39 is 10.0 Å². The fraction of sp³-hybridized carbons (Fsp3) is 0.350. The Balaban J connectivity index is 1.56. The number of carbonyl (C=O) groups is 1. The zero-order valence-corrected chi connectivity index (χ0v) is 15.3. The highest BCUT2D eigenvalue weighted by atomic mass is 32.2. The highest BCUT2D eigenvalue weighted by molar-refractivity contribution is 7.91. The molecule has 1 N–H and O–H groups in total. The summed E-state index contributed by atoms with van der Waals surface area (Å²) < 4.78 is 27.6. The van der Waals surface area contributed by atoms with Crippen molar-refractivity contribution < 1.29 is 13.2 Å². The molecule has 2 aromatic rings. The molecule has 1 heterocycles. The molecule has 0 unspecified atom stereocenters. The summed E-state index contributed by atoms with van der Waals surface area (Å²) in [5, 5.41) is 0. The minimum absolute atomic E-state index is 0.0738. The van der Waals surface area contributed by atoms with Gasteiger partial charge in [0.15, 0.2) is 0 Å². The van der Waals surface area contributed by atoms with Crippen LogP contribution in [-0.2, 0) is 27.0 Å². The van der Waals surface area contributed by atoms with Crippen molar-refractivity contribution in [2.24, 2.45) is 5.92 Å². The molecule has 0 aromatic heterocycles. The van der Waals surface area contributed by atoms with Gasteiger partial charge in [-0.05, 0) is 48.9 Å². The number of aryl methyl sites for hydroxylation is 1. The van der Waals surface area contributed by atoms with Crippen molar-refractivity contribution in [1.82, 2.24) is 0 Å². The van der Waals surface area contributed by atoms with E-state index in [4.69, 9.17) is 0 Å². The van der Waals surface area contributed by atoms with Gasteiger partial charge < -0.3 is 4.90 Å².